The standard InChI is InChI=1S/C16H25N3O/c1-2-18-10-5-8-15(18)16(20)19-11-4-6-13(12-19)14-7-3-9-17-14/h5,8,10,13-14,17H,2-4,6-7,9,11-12H2,1H3. The van der Waals surface area contributed by atoms with Gasteiger partial charge in [-0.15, -0.1) is 0 Å². The lowest BCUT2D eigenvalue weighted by atomic mass is 9.89. The highest BCUT2D eigenvalue weighted by Crippen LogP contribution is 2.25. The average molecular weight is 275 g/mol. The fourth-order valence-corrected chi connectivity index (χ4v) is 3.68. The molecule has 2 atom stereocenters. The Bertz CT molecular complexity index is 462. The molecule has 3 rings (SSSR count). The fraction of sp³-hybridized carbons (Fsp3) is 0.688. The van der Waals surface area contributed by atoms with Gasteiger partial charge in [-0.2, -0.15) is 0 Å². The molecule has 1 amide bonds. The molecule has 1 aromatic heterocycles. The van der Waals surface area contributed by atoms with Crippen LogP contribution >= 0.6 is 0 Å². The number of hydrogen-bond donors (Lipinski definition) is 1. The number of aromatic nitrogens is 1. The van der Waals surface area contributed by atoms with Gasteiger partial charge in [-0.05, 0) is 57.2 Å². The minimum Gasteiger partial charge on any atom is -0.344 e. The van der Waals surface area contributed by atoms with Crippen molar-refractivity contribution in [3.8, 4) is 0 Å². The van der Waals surface area contributed by atoms with Gasteiger partial charge >= 0.3 is 0 Å². The summed E-state index contributed by atoms with van der Waals surface area (Å²) in [6, 6.07) is 4.54. The number of nitrogens with one attached hydrogen (secondary N) is 1. The third kappa shape index (κ3) is 2.62. The summed E-state index contributed by atoms with van der Waals surface area (Å²) in [5, 5.41) is 3.60. The van der Waals surface area contributed by atoms with Gasteiger partial charge in [0, 0.05) is 31.9 Å². The number of likely N-dealkylation sites (tertiary alicyclic amines) is 1. The lowest BCUT2D eigenvalue weighted by molar-refractivity contribution is 0.0640. The summed E-state index contributed by atoms with van der Waals surface area (Å²) >= 11 is 0. The molecule has 4 nitrogen and oxygen atoms in total. The Balaban J connectivity index is 1.68. The maximum Gasteiger partial charge on any atom is 0.270 e. The number of nitrogens with zero attached hydrogens (tertiary/aromatic N) is 2. The fourth-order valence-electron chi connectivity index (χ4n) is 3.68. The molecule has 2 aliphatic heterocycles. The van der Waals surface area contributed by atoms with Crippen LogP contribution in [0.25, 0.3) is 0 Å². The molecule has 0 aliphatic carbocycles. The van der Waals surface area contributed by atoms with E-state index in [0.717, 1.165) is 38.3 Å². The first-order valence-electron chi connectivity index (χ1n) is 7.97. The van der Waals surface area contributed by atoms with Crippen LogP contribution in [-0.2, 0) is 6.54 Å². The number of carbonyl (C=O) groups is 1. The normalized spacial score (nSPS) is 26.9. The second-order valence-electron chi connectivity index (χ2n) is 6.04. The number of carbonyl (C=O) groups excluding carboxylic acids is 1. The second-order valence-corrected chi connectivity index (χ2v) is 6.04. The van der Waals surface area contributed by atoms with Crippen molar-refractivity contribution < 1.29 is 4.79 Å². The predicted molar refractivity (Wildman–Crippen MR) is 79.8 cm³/mol. The van der Waals surface area contributed by atoms with E-state index in [1.165, 1.54) is 19.3 Å². The molecule has 0 spiro atoms. The van der Waals surface area contributed by atoms with Crippen LogP contribution in [0.3, 0.4) is 0 Å². The van der Waals surface area contributed by atoms with E-state index in [1.54, 1.807) is 0 Å². The van der Waals surface area contributed by atoms with Crippen molar-refractivity contribution in [1.82, 2.24) is 14.8 Å². The van der Waals surface area contributed by atoms with Crippen LogP contribution in [-0.4, -0.2) is 41.1 Å². The van der Waals surface area contributed by atoms with E-state index < -0.39 is 0 Å². The SMILES string of the molecule is CCn1cccc1C(=O)N1CCCC(C2CCCN2)C1. The highest BCUT2D eigenvalue weighted by molar-refractivity contribution is 5.92. The molecule has 20 heavy (non-hydrogen) atoms. The molecule has 0 bridgehead atoms. The zero-order chi connectivity index (χ0) is 13.9. The van der Waals surface area contributed by atoms with Crippen molar-refractivity contribution in [2.45, 2.75) is 45.2 Å². The van der Waals surface area contributed by atoms with E-state index in [1.807, 2.05) is 22.9 Å². The molecule has 0 saturated carbocycles. The van der Waals surface area contributed by atoms with E-state index in [9.17, 15) is 4.79 Å². The molecule has 2 saturated heterocycles. The smallest absolute Gasteiger partial charge is 0.270 e. The van der Waals surface area contributed by atoms with E-state index in [2.05, 4.69) is 17.1 Å². The third-order valence-corrected chi connectivity index (χ3v) is 4.80. The first kappa shape index (κ1) is 13.7. The molecule has 2 aliphatic rings. The van der Waals surface area contributed by atoms with Gasteiger partial charge in [-0.25, -0.2) is 0 Å². The van der Waals surface area contributed by atoms with E-state index in [0.29, 0.717) is 12.0 Å². The molecule has 110 valence electrons. The van der Waals surface area contributed by atoms with Gasteiger partial charge in [-0.1, -0.05) is 0 Å². The first-order valence-corrected chi connectivity index (χ1v) is 7.97. The minimum absolute atomic E-state index is 0.208. The van der Waals surface area contributed by atoms with E-state index in [4.69, 9.17) is 0 Å². The van der Waals surface area contributed by atoms with Gasteiger partial charge in [0.15, 0.2) is 0 Å². The topological polar surface area (TPSA) is 37.3 Å². The summed E-state index contributed by atoms with van der Waals surface area (Å²) in [7, 11) is 0. The summed E-state index contributed by atoms with van der Waals surface area (Å²) < 4.78 is 2.04. The van der Waals surface area contributed by atoms with Gasteiger partial charge in [0.25, 0.3) is 5.91 Å². The second kappa shape index (κ2) is 6.00. The highest BCUT2D eigenvalue weighted by Gasteiger charge is 2.31. The predicted octanol–water partition coefficient (Wildman–Crippen LogP) is 2.11. The number of hydrogen-bond acceptors (Lipinski definition) is 2. The summed E-state index contributed by atoms with van der Waals surface area (Å²) in [5.41, 5.74) is 0.840. The molecular weight excluding hydrogens is 250 g/mol. The molecule has 1 aromatic rings. The van der Waals surface area contributed by atoms with Gasteiger partial charge in [0.2, 0.25) is 0 Å². The molecule has 2 unspecified atom stereocenters. The number of aryl methyl sites for hydroxylation is 1. The summed E-state index contributed by atoms with van der Waals surface area (Å²) in [6.45, 7) is 5.92. The Morgan fingerprint density at radius 1 is 1.40 bits per heavy atom. The van der Waals surface area contributed by atoms with Crippen LogP contribution in [0.15, 0.2) is 18.3 Å². The quantitative estimate of drug-likeness (QED) is 0.917. The van der Waals surface area contributed by atoms with Crippen molar-refractivity contribution in [3.63, 3.8) is 0 Å². The number of piperidine rings is 1. The molecule has 4 heteroatoms. The molecule has 1 N–H and O–H groups in total. The van der Waals surface area contributed by atoms with Crippen LogP contribution < -0.4 is 5.32 Å². The van der Waals surface area contributed by atoms with Crippen molar-refractivity contribution in [2.24, 2.45) is 5.92 Å². The van der Waals surface area contributed by atoms with E-state index >= 15 is 0 Å². The lowest BCUT2D eigenvalue weighted by Gasteiger charge is -2.36. The Morgan fingerprint density at radius 3 is 3.05 bits per heavy atom. The zero-order valence-electron chi connectivity index (χ0n) is 12.3. The van der Waals surface area contributed by atoms with Gasteiger partial charge in [-0.3, -0.25) is 4.79 Å². The van der Waals surface area contributed by atoms with Crippen LogP contribution in [0.1, 0.15) is 43.1 Å². The Morgan fingerprint density at radius 2 is 2.30 bits per heavy atom. The van der Waals surface area contributed by atoms with Crippen molar-refractivity contribution in [2.75, 3.05) is 19.6 Å². The molecule has 3 heterocycles. The number of amides is 1. The maximum atomic E-state index is 12.7. The van der Waals surface area contributed by atoms with Crippen LogP contribution in [0.4, 0.5) is 0 Å². The average Bonchev–Trinajstić information content (AvgIpc) is 3.17. The van der Waals surface area contributed by atoms with Crippen LogP contribution in [0.2, 0.25) is 0 Å². The maximum absolute atomic E-state index is 12.7. The summed E-state index contributed by atoms with van der Waals surface area (Å²) in [5.74, 6) is 0.847. The van der Waals surface area contributed by atoms with Crippen LogP contribution in [0.5, 0.6) is 0 Å². The van der Waals surface area contributed by atoms with Gasteiger partial charge in [0.1, 0.15) is 5.69 Å². The number of rotatable bonds is 3. The molecule has 0 aromatic carbocycles. The first-order chi connectivity index (χ1) is 9.79. The van der Waals surface area contributed by atoms with Gasteiger partial charge < -0.3 is 14.8 Å². The Hall–Kier alpha value is -1.29. The lowest BCUT2D eigenvalue weighted by Crippen LogP contribution is -2.46. The van der Waals surface area contributed by atoms with Crippen molar-refractivity contribution >= 4 is 5.91 Å². The largest absolute Gasteiger partial charge is 0.344 e. The highest BCUT2D eigenvalue weighted by atomic mass is 16.2. The summed E-state index contributed by atoms with van der Waals surface area (Å²) in [6.07, 6.45) is 6.96. The van der Waals surface area contributed by atoms with Crippen LogP contribution in [0, 0.1) is 5.92 Å². The zero-order valence-corrected chi connectivity index (χ0v) is 12.3. The molecule has 0 radical (unpaired) electrons. The molecular formula is C16H25N3O. The summed E-state index contributed by atoms with van der Waals surface area (Å²) in [4.78, 5) is 14.8. The van der Waals surface area contributed by atoms with Gasteiger partial charge in [0.05, 0.1) is 0 Å². The van der Waals surface area contributed by atoms with Crippen molar-refractivity contribution in [1.29, 1.82) is 0 Å². The Labute approximate surface area is 121 Å². The van der Waals surface area contributed by atoms with E-state index in [-0.39, 0.29) is 5.91 Å². The minimum atomic E-state index is 0.208. The molecule has 2 fully saturated rings. The Kier molecular flexibility index (Phi) is 4.10. The third-order valence-electron chi connectivity index (χ3n) is 4.80. The monoisotopic (exact) mass is 275 g/mol. The van der Waals surface area contributed by atoms with Crippen molar-refractivity contribution in [3.05, 3.63) is 24.0 Å².